The van der Waals surface area contributed by atoms with Crippen molar-refractivity contribution in [1.82, 2.24) is 0 Å². The van der Waals surface area contributed by atoms with Gasteiger partial charge in [-0.1, -0.05) is 6.07 Å². The third-order valence-corrected chi connectivity index (χ3v) is 6.36. The normalized spacial score (nSPS) is 22.6. The molecule has 1 heterocycles. The maximum absolute atomic E-state index is 12.2. The highest BCUT2D eigenvalue weighted by Crippen LogP contribution is 2.25. The molecule has 2 unspecified atom stereocenters. The second-order valence-electron chi connectivity index (χ2n) is 6.51. The van der Waals surface area contributed by atoms with E-state index in [0.29, 0.717) is 5.69 Å². The summed E-state index contributed by atoms with van der Waals surface area (Å²) in [5, 5.41) is 2.75. The Hall–Kier alpha value is -1.89. The van der Waals surface area contributed by atoms with Crippen molar-refractivity contribution in [3.05, 3.63) is 29.3 Å². The van der Waals surface area contributed by atoms with E-state index in [1.54, 1.807) is 0 Å². The number of aryl methyl sites for hydroxylation is 2. The van der Waals surface area contributed by atoms with Gasteiger partial charge >= 0.3 is 5.97 Å². The minimum Gasteiger partial charge on any atom is -0.452 e. The van der Waals surface area contributed by atoms with E-state index in [-0.39, 0.29) is 17.9 Å². The Labute approximate surface area is 141 Å². The number of fused-ring (bicyclic) bond motifs is 1. The zero-order valence-electron chi connectivity index (χ0n) is 13.6. The third-order valence-electron chi connectivity index (χ3n) is 4.59. The molecule has 2 atom stereocenters. The summed E-state index contributed by atoms with van der Waals surface area (Å²) in [7, 11) is -3.15. The smallest absolute Gasteiger partial charge is 0.310 e. The van der Waals surface area contributed by atoms with Gasteiger partial charge in [-0.25, -0.2) is 8.42 Å². The van der Waals surface area contributed by atoms with Gasteiger partial charge in [-0.3, -0.25) is 9.59 Å². The minimum atomic E-state index is -3.15. The van der Waals surface area contributed by atoms with E-state index in [1.807, 2.05) is 18.2 Å². The summed E-state index contributed by atoms with van der Waals surface area (Å²) < 4.78 is 28.0. The Morgan fingerprint density at radius 3 is 2.71 bits per heavy atom. The molecule has 2 aliphatic rings. The number of hydrogen-bond donors (Lipinski definition) is 1. The summed E-state index contributed by atoms with van der Waals surface area (Å²) in [6, 6.07) is 5.82. The SMILES string of the molecule is CC(OC(=O)C1CCS(=O)(=O)C1)C(=O)Nc1ccc2c(c1)CCC2. The first-order valence-corrected chi connectivity index (χ1v) is 10.00. The molecule has 7 heteroatoms. The molecule has 0 aromatic heterocycles. The van der Waals surface area contributed by atoms with Crippen LogP contribution in [0.2, 0.25) is 0 Å². The van der Waals surface area contributed by atoms with Crippen LogP contribution in [0.25, 0.3) is 0 Å². The van der Waals surface area contributed by atoms with Crippen molar-refractivity contribution in [2.24, 2.45) is 5.92 Å². The van der Waals surface area contributed by atoms with Gasteiger partial charge < -0.3 is 10.1 Å². The van der Waals surface area contributed by atoms with Crippen LogP contribution in [0.5, 0.6) is 0 Å². The molecule has 0 bridgehead atoms. The molecular weight excluding hydrogens is 330 g/mol. The Balaban J connectivity index is 1.56. The Bertz CT molecular complexity index is 771. The summed E-state index contributed by atoms with van der Waals surface area (Å²) in [4.78, 5) is 24.2. The van der Waals surface area contributed by atoms with Crippen LogP contribution >= 0.6 is 0 Å². The third kappa shape index (κ3) is 3.77. The number of benzene rings is 1. The highest BCUT2D eigenvalue weighted by Gasteiger charge is 2.35. The number of carbonyl (C=O) groups is 2. The molecule has 3 rings (SSSR count). The monoisotopic (exact) mass is 351 g/mol. The van der Waals surface area contributed by atoms with E-state index in [2.05, 4.69) is 5.32 Å². The van der Waals surface area contributed by atoms with Crippen LogP contribution in [0, 0.1) is 5.92 Å². The van der Waals surface area contributed by atoms with Gasteiger partial charge in [0.2, 0.25) is 0 Å². The van der Waals surface area contributed by atoms with Crippen LogP contribution in [0.1, 0.15) is 30.9 Å². The second kappa shape index (κ2) is 6.55. The molecule has 1 aromatic rings. The lowest BCUT2D eigenvalue weighted by molar-refractivity contribution is -0.156. The van der Waals surface area contributed by atoms with Crippen molar-refractivity contribution in [1.29, 1.82) is 0 Å². The van der Waals surface area contributed by atoms with Crippen molar-refractivity contribution in [3.63, 3.8) is 0 Å². The van der Waals surface area contributed by atoms with Gasteiger partial charge in [0.25, 0.3) is 5.91 Å². The van der Waals surface area contributed by atoms with Gasteiger partial charge in [0.1, 0.15) is 0 Å². The fourth-order valence-electron chi connectivity index (χ4n) is 3.20. The van der Waals surface area contributed by atoms with Crippen LogP contribution in [0.4, 0.5) is 5.69 Å². The largest absolute Gasteiger partial charge is 0.452 e. The summed E-state index contributed by atoms with van der Waals surface area (Å²) in [5.74, 6) is -1.88. The van der Waals surface area contributed by atoms with E-state index in [0.717, 1.165) is 19.3 Å². The second-order valence-corrected chi connectivity index (χ2v) is 8.73. The lowest BCUT2D eigenvalue weighted by Crippen LogP contribution is -2.32. The summed E-state index contributed by atoms with van der Waals surface area (Å²) >= 11 is 0. The molecule has 24 heavy (non-hydrogen) atoms. The molecular formula is C17H21NO5S. The number of esters is 1. The first-order valence-electron chi connectivity index (χ1n) is 8.18. The van der Waals surface area contributed by atoms with Crippen LogP contribution in [-0.2, 0) is 37.0 Å². The number of hydrogen-bond acceptors (Lipinski definition) is 5. The molecule has 130 valence electrons. The van der Waals surface area contributed by atoms with Gasteiger partial charge in [-0.15, -0.1) is 0 Å². The van der Waals surface area contributed by atoms with Gasteiger partial charge in [0.05, 0.1) is 17.4 Å². The van der Waals surface area contributed by atoms with Gasteiger partial charge in [-0.05, 0) is 55.9 Å². The maximum atomic E-state index is 12.2. The number of nitrogens with one attached hydrogen (secondary N) is 1. The Morgan fingerprint density at radius 2 is 2.00 bits per heavy atom. The molecule has 1 saturated heterocycles. The lowest BCUT2D eigenvalue weighted by atomic mass is 10.1. The number of sulfone groups is 1. The highest BCUT2D eigenvalue weighted by atomic mass is 32.2. The molecule has 1 N–H and O–H groups in total. The van der Waals surface area contributed by atoms with Crippen molar-refractivity contribution < 1.29 is 22.7 Å². The predicted octanol–water partition coefficient (Wildman–Crippen LogP) is 1.48. The van der Waals surface area contributed by atoms with Crippen molar-refractivity contribution in [2.45, 2.75) is 38.7 Å². The highest BCUT2D eigenvalue weighted by molar-refractivity contribution is 7.91. The fraction of sp³-hybridized carbons (Fsp3) is 0.529. The van der Waals surface area contributed by atoms with E-state index < -0.39 is 33.7 Å². The zero-order valence-corrected chi connectivity index (χ0v) is 14.4. The number of rotatable bonds is 4. The van der Waals surface area contributed by atoms with Crippen LogP contribution in [-0.4, -0.2) is 37.9 Å². The molecule has 1 amide bonds. The van der Waals surface area contributed by atoms with Crippen LogP contribution in [0.3, 0.4) is 0 Å². The van der Waals surface area contributed by atoms with E-state index in [1.165, 1.54) is 18.1 Å². The standard InChI is InChI=1S/C17H21NO5S/c1-11(23-17(20)14-7-8-24(21,22)10-14)16(19)18-15-6-5-12-3-2-4-13(12)9-15/h5-6,9,11,14H,2-4,7-8,10H2,1H3,(H,18,19). The number of ether oxygens (including phenoxy) is 1. The molecule has 1 aromatic carbocycles. The number of anilines is 1. The van der Waals surface area contributed by atoms with Gasteiger partial charge in [-0.2, -0.15) is 0 Å². The lowest BCUT2D eigenvalue weighted by Gasteiger charge is -2.16. The Kier molecular flexibility index (Phi) is 4.62. The average molecular weight is 351 g/mol. The van der Waals surface area contributed by atoms with Gasteiger partial charge in [0, 0.05) is 5.69 Å². The summed E-state index contributed by atoms with van der Waals surface area (Å²) in [6.45, 7) is 1.49. The molecule has 6 nitrogen and oxygen atoms in total. The zero-order chi connectivity index (χ0) is 17.3. The van der Waals surface area contributed by atoms with Crippen molar-refractivity contribution in [3.8, 4) is 0 Å². The summed E-state index contributed by atoms with van der Waals surface area (Å²) in [5.41, 5.74) is 3.25. The molecule has 0 radical (unpaired) electrons. The van der Waals surface area contributed by atoms with Gasteiger partial charge in [0.15, 0.2) is 15.9 Å². The van der Waals surface area contributed by atoms with Crippen LogP contribution in [0.15, 0.2) is 18.2 Å². The Morgan fingerprint density at radius 1 is 1.25 bits per heavy atom. The molecule has 1 fully saturated rings. The topological polar surface area (TPSA) is 89.5 Å². The quantitative estimate of drug-likeness (QED) is 0.830. The van der Waals surface area contributed by atoms with E-state index in [9.17, 15) is 18.0 Å². The van der Waals surface area contributed by atoms with Crippen LogP contribution < -0.4 is 5.32 Å². The van der Waals surface area contributed by atoms with Crippen molar-refractivity contribution >= 4 is 27.4 Å². The first kappa shape index (κ1) is 17.0. The average Bonchev–Trinajstić information content (AvgIpc) is 3.12. The van der Waals surface area contributed by atoms with Crippen molar-refractivity contribution in [2.75, 3.05) is 16.8 Å². The number of amides is 1. The van der Waals surface area contributed by atoms with E-state index in [4.69, 9.17) is 4.74 Å². The first-order chi connectivity index (χ1) is 11.3. The summed E-state index contributed by atoms with van der Waals surface area (Å²) in [6.07, 6.45) is 2.52. The van der Waals surface area contributed by atoms with E-state index >= 15 is 0 Å². The molecule has 1 aliphatic carbocycles. The maximum Gasteiger partial charge on any atom is 0.310 e. The molecule has 1 aliphatic heterocycles. The fourth-order valence-corrected chi connectivity index (χ4v) is 4.92. The minimum absolute atomic E-state index is 0.00245. The number of carbonyl (C=O) groups excluding carboxylic acids is 2. The molecule has 0 saturated carbocycles. The molecule has 0 spiro atoms. The predicted molar refractivity (Wildman–Crippen MR) is 89.4 cm³/mol.